The maximum atomic E-state index is 6.07. The van der Waals surface area contributed by atoms with Gasteiger partial charge in [-0.15, -0.1) is 11.3 Å². The van der Waals surface area contributed by atoms with Crippen molar-refractivity contribution in [1.29, 1.82) is 0 Å². The van der Waals surface area contributed by atoms with Gasteiger partial charge in [0.2, 0.25) is 0 Å². The van der Waals surface area contributed by atoms with Gasteiger partial charge in [0, 0.05) is 10.6 Å². The third-order valence-electron chi connectivity index (χ3n) is 3.58. The van der Waals surface area contributed by atoms with Crippen molar-refractivity contribution in [2.75, 3.05) is 11.5 Å². The molecule has 1 atom stereocenters. The Morgan fingerprint density at radius 3 is 3.05 bits per heavy atom. The highest BCUT2D eigenvalue weighted by molar-refractivity contribution is 7.99. The van der Waals surface area contributed by atoms with Gasteiger partial charge in [0.1, 0.15) is 15.4 Å². The molecule has 0 aromatic carbocycles. The first-order valence-corrected chi connectivity index (χ1v) is 8.69. The van der Waals surface area contributed by atoms with Gasteiger partial charge < -0.3 is 5.73 Å². The van der Waals surface area contributed by atoms with Crippen LogP contribution in [0.2, 0.25) is 0 Å². The number of anilines is 1. The Labute approximate surface area is 127 Å². The molecule has 2 heterocycles. The Hall–Kier alpha value is -1.07. The molecular weight excluding hydrogens is 286 g/mol. The van der Waals surface area contributed by atoms with Gasteiger partial charge in [0.05, 0.1) is 0 Å². The fraction of sp³-hybridized carbons (Fsp3) is 0.467. The van der Waals surface area contributed by atoms with Gasteiger partial charge in [-0.25, -0.2) is 9.97 Å². The van der Waals surface area contributed by atoms with Crippen molar-refractivity contribution in [2.45, 2.75) is 38.1 Å². The van der Waals surface area contributed by atoms with Gasteiger partial charge in [-0.3, -0.25) is 0 Å². The first-order chi connectivity index (χ1) is 9.54. The summed E-state index contributed by atoms with van der Waals surface area (Å²) in [5.74, 6) is 2.17. The number of thioether (sulfide) groups is 1. The number of thiophene rings is 1. The van der Waals surface area contributed by atoms with Gasteiger partial charge in [-0.1, -0.05) is 30.8 Å². The summed E-state index contributed by atoms with van der Waals surface area (Å²) in [6, 6.07) is 0. The van der Waals surface area contributed by atoms with Gasteiger partial charge in [-0.2, -0.15) is 0 Å². The quantitative estimate of drug-likeness (QED) is 0.686. The fourth-order valence-corrected chi connectivity index (χ4v) is 4.64. The van der Waals surface area contributed by atoms with Crippen LogP contribution in [0.15, 0.2) is 17.2 Å². The summed E-state index contributed by atoms with van der Waals surface area (Å²) in [6.07, 6.45) is 3.52. The van der Waals surface area contributed by atoms with Crippen LogP contribution < -0.4 is 5.73 Å². The van der Waals surface area contributed by atoms with Crippen LogP contribution in [0.4, 0.5) is 5.82 Å². The molecule has 0 aliphatic heterocycles. The van der Waals surface area contributed by atoms with E-state index in [-0.39, 0.29) is 0 Å². The molecule has 1 aliphatic rings. The summed E-state index contributed by atoms with van der Waals surface area (Å²) < 4.78 is 0. The Morgan fingerprint density at radius 2 is 2.30 bits per heavy atom. The Bertz CT molecular complexity index is 675. The largest absolute Gasteiger partial charge is 0.381 e. The normalized spacial score (nSPS) is 18.2. The van der Waals surface area contributed by atoms with E-state index in [0.717, 1.165) is 45.5 Å². The molecule has 5 heteroatoms. The van der Waals surface area contributed by atoms with E-state index in [2.05, 4.69) is 18.5 Å². The SMILES string of the molecule is C=C(C)CSc1nc2sc3c(c2nc1N)CCC(C)C3. The molecule has 3 rings (SSSR count). The second kappa shape index (κ2) is 5.37. The molecule has 2 aromatic heterocycles. The lowest BCUT2D eigenvalue weighted by Gasteiger charge is -2.17. The molecule has 0 saturated carbocycles. The van der Waals surface area contributed by atoms with Crippen molar-refractivity contribution in [3.05, 3.63) is 22.6 Å². The molecule has 0 fully saturated rings. The first-order valence-electron chi connectivity index (χ1n) is 6.89. The number of hydrogen-bond acceptors (Lipinski definition) is 5. The predicted molar refractivity (Wildman–Crippen MR) is 88.6 cm³/mol. The van der Waals surface area contributed by atoms with E-state index in [0.29, 0.717) is 5.82 Å². The molecule has 1 unspecified atom stereocenters. The minimum Gasteiger partial charge on any atom is -0.381 e. The van der Waals surface area contributed by atoms with Crippen LogP contribution in [-0.2, 0) is 12.8 Å². The molecule has 2 N–H and O–H groups in total. The maximum Gasteiger partial charge on any atom is 0.156 e. The van der Waals surface area contributed by atoms with Crippen LogP contribution in [-0.4, -0.2) is 15.7 Å². The average Bonchev–Trinajstić information content (AvgIpc) is 2.72. The zero-order valence-electron chi connectivity index (χ0n) is 11.9. The van der Waals surface area contributed by atoms with Crippen molar-refractivity contribution < 1.29 is 0 Å². The predicted octanol–water partition coefficient (Wildman–Crippen LogP) is 4.07. The Morgan fingerprint density at radius 1 is 1.50 bits per heavy atom. The van der Waals surface area contributed by atoms with Crippen LogP contribution in [0, 0.1) is 5.92 Å². The number of rotatable bonds is 3. The molecule has 1 aliphatic carbocycles. The molecule has 106 valence electrons. The maximum absolute atomic E-state index is 6.07. The fourth-order valence-electron chi connectivity index (χ4n) is 2.53. The number of nitrogens with zero attached hydrogens (tertiary/aromatic N) is 2. The molecule has 0 saturated heterocycles. The molecule has 0 amide bonds. The van der Waals surface area contributed by atoms with Gasteiger partial charge in [0.25, 0.3) is 0 Å². The van der Waals surface area contributed by atoms with Crippen LogP contribution in [0.5, 0.6) is 0 Å². The highest BCUT2D eigenvalue weighted by Gasteiger charge is 2.22. The second-order valence-corrected chi connectivity index (χ2v) is 7.71. The summed E-state index contributed by atoms with van der Waals surface area (Å²) in [4.78, 5) is 11.9. The number of nitrogen functional groups attached to an aromatic ring is 1. The summed E-state index contributed by atoms with van der Waals surface area (Å²) in [7, 11) is 0. The van der Waals surface area contributed by atoms with Gasteiger partial charge >= 0.3 is 0 Å². The molecule has 3 nitrogen and oxygen atoms in total. The molecule has 0 bridgehead atoms. The molecule has 0 radical (unpaired) electrons. The van der Waals surface area contributed by atoms with E-state index in [1.807, 2.05) is 6.92 Å². The van der Waals surface area contributed by atoms with Crippen molar-refractivity contribution in [3.8, 4) is 0 Å². The highest BCUT2D eigenvalue weighted by atomic mass is 32.2. The smallest absolute Gasteiger partial charge is 0.156 e. The van der Waals surface area contributed by atoms with Crippen LogP contribution >= 0.6 is 23.1 Å². The first kappa shape index (κ1) is 13.9. The van der Waals surface area contributed by atoms with Crippen molar-refractivity contribution >= 4 is 39.3 Å². The molecule has 0 spiro atoms. The third-order valence-corrected chi connectivity index (χ3v) is 5.92. The number of hydrogen-bond donors (Lipinski definition) is 1. The van der Waals surface area contributed by atoms with E-state index in [9.17, 15) is 0 Å². The summed E-state index contributed by atoms with van der Waals surface area (Å²) in [5, 5.41) is 0.840. The lowest BCUT2D eigenvalue weighted by atomic mass is 9.90. The van der Waals surface area contributed by atoms with E-state index >= 15 is 0 Å². The minimum absolute atomic E-state index is 0.558. The Balaban J connectivity index is 2.01. The van der Waals surface area contributed by atoms with E-state index in [1.165, 1.54) is 16.9 Å². The second-order valence-electron chi connectivity index (χ2n) is 5.67. The lowest BCUT2D eigenvalue weighted by Crippen LogP contribution is -2.09. The van der Waals surface area contributed by atoms with E-state index in [4.69, 9.17) is 10.7 Å². The van der Waals surface area contributed by atoms with Gasteiger partial charge in [-0.05, 0) is 37.7 Å². The third kappa shape index (κ3) is 2.56. The van der Waals surface area contributed by atoms with Crippen LogP contribution in [0.3, 0.4) is 0 Å². The number of nitrogens with two attached hydrogens (primary N) is 1. The number of aryl methyl sites for hydroxylation is 1. The summed E-state index contributed by atoms with van der Waals surface area (Å²) in [5.41, 5.74) is 9.62. The molecular formula is C15H19N3S2. The van der Waals surface area contributed by atoms with Crippen LogP contribution in [0.1, 0.15) is 30.7 Å². The van der Waals surface area contributed by atoms with Crippen LogP contribution in [0.25, 0.3) is 10.3 Å². The summed E-state index contributed by atoms with van der Waals surface area (Å²) >= 11 is 3.42. The highest BCUT2D eigenvalue weighted by Crippen LogP contribution is 2.38. The Kier molecular flexibility index (Phi) is 3.73. The monoisotopic (exact) mass is 305 g/mol. The van der Waals surface area contributed by atoms with E-state index in [1.54, 1.807) is 23.1 Å². The van der Waals surface area contributed by atoms with Crippen molar-refractivity contribution in [2.24, 2.45) is 5.92 Å². The molecule has 20 heavy (non-hydrogen) atoms. The zero-order chi connectivity index (χ0) is 14.3. The minimum atomic E-state index is 0.558. The topological polar surface area (TPSA) is 51.8 Å². The van der Waals surface area contributed by atoms with E-state index < -0.39 is 0 Å². The summed E-state index contributed by atoms with van der Waals surface area (Å²) in [6.45, 7) is 8.25. The lowest BCUT2D eigenvalue weighted by molar-refractivity contribution is 0.509. The van der Waals surface area contributed by atoms with Crippen molar-refractivity contribution in [3.63, 3.8) is 0 Å². The average molecular weight is 305 g/mol. The van der Waals surface area contributed by atoms with Crippen molar-refractivity contribution in [1.82, 2.24) is 9.97 Å². The number of fused-ring (bicyclic) bond motifs is 3. The number of aromatic nitrogens is 2. The van der Waals surface area contributed by atoms with Gasteiger partial charge in [0.15, 0.2) is 5.82 Å². The zero-order valence-corrected chi connectivity index (χ0v) is 13.5. The molecule has 2 aromatic rings. The standard InChI is InChI=1S/C15H19N3S2/c1-8(2)7-19-15-13(16)17-12-10-5-4-9(3)6-11(10)20-14(12)18-15/h9H,1,4-7H2,2-3H3,(H2,16,17).